The number of nitro groups is 1. The summed E-state index contributed by atoms with van der Waals surface area (Å²) in [5.41, 5.74) is 3.80. The Bertz CT molecular complexity index is 887. The lowest BCUT2D eigenvalue weighted by molar-refractivity contribution is -0.385. The van der Waals surface area contributed by atoms with Crippen LogP contribution in [-0.4, -0.2) is 30.5 Å². The zero-order valence-corrected chi connectivity index (χ0v) is 15.2. The maximum Gasteiger partial charge on any atom is 0.283 e. The third-order valence-electron chi connectivity index (χ3n) is 3.42. The number of nitrogens with zero attached hydrogens (tertiary/aromatic N) is 1. The van der Waals surface area contributed by atoms with Crippen LogP contribution in [0.3, 0.4) is 0 Å². The SMILES string of the molecule is CCOc1ccc(C(=O)NNC(=O)c2ccc(Cl)cc2[N+](=O)[O-])cc1OC. The number of hydrogen-bond acceptors (Lipinski definition) is 6. The highest BCUT2D eigenvalue weighted by Gasteiger charge is 2.21. The molecule has 2 amide bonds. The molecular weight excluding hydrogens is 378 g/mol. The summed E-state index contributed by atoms with van der Waals surface area (Å²) in [5, 5.41) is 11.2. The van der Waals surface area contributed by atoms with Crippen LogP contribution in [0, 0.1) is 10.1 Å². The quantitative estimate of drug-likeness (QED) is 0.575. The van der Waals surface area contributed by atoms with Gasteiger partial charge >= 0.3 is 0 Å². The van der Waals surface area contributed by atoms with Crippen molar-refractivity contribution in [3.05, 3.63) is 62.7 Å². The van der Waals surface area contributed by atoms with E-state index in [0.29, 0.717) is 18.1 Å². The van der Waals surface area contributed by atoms with Crippen molar-refractivity contribution in [3.63, 3.8) is 0 Å². The van der Waals surface area contributed by atoms with E-state index < -0.39 is 22.4 Å². The molecule has 0 saturated heterocycles. The zero-order chi connectivity index (χ0) is 20.0. The highest BCUT2D eigenvalue weighted by atomic mass is 35.5. The van der Waals surface area contributed by atoms with Crippen LogP contribution in [0.25, 0.3) is 0 Å². The number of methoxy groups -OCH3 is 1. The molecule has 0 saturated carbocycles. The standard InChI is InChI=1S/C17H16ClN3O6/c1-3-27-14-7-4-10(8-15(14)26-2)16(22)19-20-17(23)12-6-5-11(18)9-13(12)21(24)25/h4-9H,3H2,1-2H3,(H,19,22)(H,20,23). The molecule has 0 spiro atoms. The fraction of sp³-hybridized carbons (Fsp3) is 0.176. The molecule has 0 aliphatic heterocycles. The second-order valence-corrected chi connectivity index (χ2v) is 5.56. The van der Waals surface area contributed by atoms with Gasteiger partial charge in [-0.2, -0.15) is 0 Å². The summed E-state index contributed by atoms with van der Waals surface area (Å²) in [6.45, 7) is 2.24. The van der Waals surface area contributed by atoms with E-state index in [0.717, 1.165) is 6.07 Å². The van der Waals surface area contributed by atoms with Crippen LogP contribution in [0.4, 0.5) is 5.69 Å². The first-order valence-electron chi connectivity index (χ1n) is 7.72. The fourth-order valence-electron chi connectivity index (χ4n) is 2.18. The molecule has 142 valence electrons. The van der Waals surface area contributed by atoms with Crippen LogP contribution in [-0.2, 0) is 0 Å². The van der Waals surface area contributed by atoms with E-state index in [1.165, 1.54) is 31.4 Å². The summed E-state index contributed by atoms with van der Waals surface area (Å²) in [7, 11) is 1.43. The molecule has 0 aliphatic carbocycles. The molecule has 2 N–H and O–H groups in total. The van der Waals surface area contributed by atoms with Gasteiger partial charge < -0.3 is 9.47 Å². The molecule has 0 heterocycles. The fourth-order valence-corrected chi connectivity index (χ4v) is 2.35. The second-order valence-electron chi connectivity index (χ2n) is 5.13. The van der Waals surface area contributed by atoms with Gasteiger partial charge in [0.15, 0.2) is 11.5 Å². The van der Waals surface area contributed by atoms with Crippen LogP contribution in [0.15, 0.2) is 36.4 Å². The van der Waals surface area contributed by atoms with E-state index in [2.05, 4.69) is 10.9 Å². The van der Waals surface area contributed by atoms with Crippen LogP contribution in [0.5, 0.6) is 11.5 Å². The van der Waals surface area contributed by atoms with Crippen LogP contribution < -0.4 is 20.3 Å². The summed E-state index contributed by atoms with van der Waals surface area (Å²) in [6, 6.07) is 8.07. The van der Waals surface area contributed by atoms with Gasteiger partial charge in [0, 0.05) is 16.7 Å². The molecule has 0 bridgehead atoms. The van der Waals surface area contributed by atoms with Crippen LogP contribution >= 0.6 is 11.6 Å². The van der Waals surface area contributed by atoms with E-state index >= 15 is 0 Å². The Morgan fingerprint density at radius 3 is 2.44 bits per heavy atom. The van der Waals surface area contributed by atoms with Gasteiger partial charge in [0.2, 0.25) is 0 Å². The molecule has 2 aromatic carbocycles. The van der Waals surface area contributed by atoms with Crippen molar-refractivity contribution in [1.29, 1.82) is 0 Å². The molecule has 2 aromatic rings. The predicted octanol–water partition coefficient (Wildman–Crippen LogP) is 2.73. The largest absolute Gasteiger partial charge is 0.493 e. The molecule has 10 heteroatoms. The Labute approximate surface area is 159 Å². The van der Waals surface area contributed by atoms with Crippen LogP contribution in [0.1, 0.15) is 27.6 Å². The minimum Gasteiger partial charge on any atom is -0.493 e. The molecule has 9 nitrogen and oxygen atoms in total. The predicted molar refractivity (Wildman–Crippen MR) is 97.2 cm³/mol. The number of nitro benzene ring substituents is 1. The molecule has 2 rings (SSSR count). The molecular formula is C17H16ClN3O6. The molecule has 0 aromatic heterocycles. The summed E-state index contributed by atoms with van der Waals surface area (Å²) in [5.74, 6) is -0.674. The third-order valence-corrected chi connectivity index (χ3v) is 3.65. The molecule has 0 aliphatic rings. The summed E-state index contributed by atoms with van der Waals surface area (Å²) < 4.78 is 10.5. The summed E-state index contributed by atoms with van der Waals surface area (Å²) in [4.78, 5) is 34.7. The number of ether oxygens (including phenoxy) is 2. The van der Waals surface area contributed by atoms with Gasteiger partial charge in [-0.1, -0.05) is 11.6 Å². The highest BCUT2D eigenvalue weighted by molar-refractivity contribution is 6.31. The van der Waals surface area contributed by atoms with E-state index in [1.54, 1.807) is 6.07 Å². The van der Waals surface area contributed by atoms with Gasteiger partial charge in [0.05, 0.1) is 18.6 Å². The summed E-state index contributed by atoms with van der Waals surface area (Å²) in [6.07, 6.45) is 0. The minimum absolute atomic E-state index is 0.115. The van der Waals surface area contributed by atoms with Gasteiger partial charge in [0.1, 0.15) is 5.56 Å². The maximum atomic E-state index is 12.2. The van der Waals surface area contributed by atoms with Crippen molar-refractivity contribution in [1.82, 2.24) is 10.9 Å². The zero-order valence-electron chi connectivity index (χ0n) is 14.4. The lowest BCUT2D eigenvalue weighted by Gasteiger charge is -2.12. The number of carbonyl (C=O) groups is 2. The van der Waals surface area contributed by atoms with E-state index in [-0.39, 0.29) is 16.1 Å². The number of hydrazine groups is 1. The first-order valence-corrected chi connectivity index (χ1v) is 8.10. The Morgan fingerprint density at radius 1 is 1.11 bits per heavy atom. The first-order chi connectivity index (χ1) is 12.9. The van der Waals surface area contributed by atoms with Gasteiger partial charge in [-0.05, 0) is 37.3 Å². The molecule has 27 heavy (non-hydrogen) atoms. The van der Waals surface area contributed by atoms with Crippen molar-refractivity contribution in [2.75, 3.05) is 13.7 Å². The van der Waals surface area contributed by atoms with Gasteiger partial charge in [0.25, 0.3) is 17.5 Å². The van der Waals surface area contributed by atoms with E-state index in [1.807, 2.05) is 6.92 Å². The average molecular weight is 394 g/mol. The second kappa shape index (κ2) is 8.86. The minimum atomic E-state index is -0.857. The normalized spacial score (nSPS) is 10.0. The van der Waals surface area contributed by atoms with Gasteiger partial charge in [-0.3, -0.25) is 30.6 Å². The van der Waals surface area contributed by atoms with Crippen LogP contribution in [0.2, 0.25) is 5.02 Å². The topological polar surface area (TPSA) is 120 Å². The first kappa shape index (κ1) is 20.0. The molecule has 0 radical (unpaired) electrons. The molecule has 0 fully saturated rings. The Hall–Kier alpha value is -3.33. The number of hydrogen-bond donors (Lipinski definition) is 2. The lowest BCUT2D eigenvalue weighted by Crippen LogP contribution is -2.41. The summed E-state index contributed by atoms with van der Waals surface area (Å²) >= 11 is 5.71. The Morgan fingerprint density at radius 2 is 1.81 bits per heavy atom. The molecule has 0 unspecified atom stereocenters. The number of amides is 2. The van der Waals surface area contributed by atoms with Gasteiger partial charge in [-0.25, -0.2) is 0 Å². The number of benzene rings is 2. The number of halogens is 1. The third kappa shape index (κ3) is 4.85. The Balaban J connectivity index is 2.12. The van der Waals surface area contributed by atoms with Crippen molar-refractivity contribution >= 4 is 29.1 Å². The monoisotopic (exact) mass is 393 g/mol. The van der Waals surface area contributed by atoms with Gasteiger partial charge in [-0.15, -0.1) is 0 Å². The molecule has 0 atom stereocenters. The lowest BCUT2D eigenvalue weighted by atomic mass is 10.1. The van der Waals surface area contributed by atoms with E-state index in [9.17, 15) is 19.7 Å². The smallest absolute Gasteiger partial charge is 0.283 e. The van der Waals surface area contributed by atoms with Crippen molar-refractivity contribution in [2.24, 2.45) is 0 Å². The highest BCUT2D eigenvalue weighted by Crippen LogP contribution is 2.28. The number of nitrogens with one attached hydrogen (secondary N) is 2. The number of rotatable bonds is 6. The average Bonchev–Trinajstić information content (AvgIpc) is 2.66. The van der Waals surface area contributed by atoms with Crippen molar-refractivity contribution in [2.45, 2.75) is 6.92 Å². The maximum absolute atomic E-state index is 12.2. The van der Waals surface area contributed by atoms with Crippen molar-refractivity contribution in [3.8, 4) is 11.5 Å². The number of carbonyl (C=O) groups excluding carboxylic acids is 2. The Kier molecular flexibility index (Phi) is 6.56. The van der Waals surface area contributed by atoms with Crippen molar-refractivity contribution < 1.29 is 24.0 Å². The van der Waals surface area contributed by atoms with E-state index in [4.69, 9.17) is 21.1 Å².